The number of rotatable bonds is 4. The van der Waals surface area contributed by atoms with Gasteiger partial charge in [0.15, 0.2) is 0 Å². The molecular weight excluding hydrogens is 278 g/mol. The molecule has 0 fully saturated rings. The van der Waals surface area contributed by atoms with E-state index in [0.717, 1.165) is 0 Å². The lowest BCUT2D eigenvalue weighted by Crippen LogP contribution is -2.29. The second kappa shape index (κ2) is 6.19. The Labute approximate surface area is 120 Å². The van der Waals surface area contributed by atoms with Crippen LogP contribution in [0.5, 0.6) is 0 Å². The molecule has 0 saturated heterocycles. The van der Waals surface area contributed by atoms with Crippen LogP contribution in [0.25, 0.3) is 11.4 Å². The molecule has 0 atom stereocenters. The highest BCUT2D eigenvalue weighted by Crippen LogP contribution is 2.24. The standard InChI is InChI=1S/C13H12ClN5O/c1-3-8-15-18-12-16-11(19(2)13(20)17-12)9-6-4-5-7-10(9)14/h1,4-7,15H,8H2,2H3,(H,17,18,20). The van der Waals surface area contributed by atoms with Crippen molar-refractivity contribution >= 4 is 17.5 Å². The number of aromatic nitrogens is 3. The quantitative estimate of drug-likeness (QED) is 0.500. The van der Waals surface area contributed by atoms with Crippen molar-refractivity contribution < 1.29 is 0 Å². The predicted molar refractivity (Wildman–Crippen MR) is 78.2 cm³/mol. The lowest BCUT2D eigenvalue weighted by molar-refractivity contribution is 0.770. The Kier molecular flexibility index (Phi) is 4.35. The number of benzene rings is 1. The molecule has 6 nitrogen and oxygen atoms in total. The number of nitrogens with zero attached hydrogens (tertiary/aromatic N) is 3. The molecule has 1 heterocycles. The van der Waals surface area contributed by atoms with E-state index in [1.54, 1.807) is 25.2 Å². The summed E-state index contributed by atoms with van der Waals surface area (Å²) in [5.41, 5.74) is 5.58. The Balaban J connectivity index is 2.45. The van der Waals surface area contributed by atoms with Gasteiger partial charge in [-0.05, 0) is 12.1 Å². The van der Waals surface area contributed by atoms with Crippen LogP contribution in [-0.4, -0.2) is 21.1 Å². The van der Waals surface area contributed by atoms with Crippen LogP contribution < -0.4 is 16.5 Å². The Morgan fingerprint density at radius 3 is 2.85 bits per heavy atom. The first-order chi connectivity index (χ1) is 9.63. The second-order valence-electron chi connectivity index (χ2n) is 3.87. The molecule has 0 saturated carbocycles. The molecule has 0 bridgehead atoms. The molecule has 0 aliphatic heterocycles. The van der Waals surface area contributed by atoms with Gasteiger partial charge in [-0.25, -0.2) is 10.2 Å². The number of terminal acetylenes is 1. The van der Waals surface area contributed by atoms with Crippen molar-refractivity contribution in [1.29, 1.82) is 0 Å². The van der Waals surface area contributed by atoms with Gasteiger partial charge in [0.1, 0.15) is 5.82 Å². The summed E-state index contributed by atoms with van der Waals surface area (Å²) in [6.07, 6.45) is 5.11. The van der Waals surface area contributed by atoms with Crippen LogP contribution in [0, 0.1) is 12.3 Å². The molecule has 2 rings (SSSR count). The van der Waals surface area contributed by atoms with Crippen molar-refractivity contribution in [2.75, 3.05) is 12.0 Å². The van der Waals surface area contributed by atoms with Crippen molar-refractivity contribution in [2.24, 2.45) is 7.05 Å². The normalized spacial score (nSPS) is 10.1. The fourth-order valence-electron chi connectivity index (χ4n) is 1.57. The van der Waals surface area contributed by atoms with Crippen molar-refractivity contribution in [3.05, 3.63) is 39.8 Å². The third-order valence-electron chi connectivity index (χ3n) is 2.52. The van der Waals surface area contributed by atoms with Gasteiger partial charge in [0, 0.05) is 12.6 Å². The molecule has 0 radical (unpaired) electrons. The van der Waals surface area contributed by atoms with E-state index in [-0.39, 0.29) is 12.5 Å². The third-order valence-corrected chi connectivity index (χ3v) is 2.85. The van der Waals surface area contributed by atoms with E-state index in [1.807, 2.05) is 6.07 Å². The van der Waals surface area contributed by atoms with Crippen molar-refractivity contribution in [3.63, 3.8) is 0 Å². The van der Waals surface area contributed by atoms with Crippen LogP contribution in [0.3, 0.4) is 0 Å². The average Bonchev–Trinajstić information content (AvgIpc) is 2.44. The van der Waals surface area contributed by atoms with Crippen LogP contribution >= 0.6 is 11.6 Å². The minimum absolute atomic E-state index is 0.137. The summed E-state index contributed by atoms with van der Waals surface area (Å²) < 4.78 is 1.33. The summed E-state index contributed by atoms with van der Waals surface area (Å²) in [5, 5.41) is 0.503. The Hall–Kier alpha value is -2.36. The first-order valence-electron chi connectivity index (χ1n) is 5.76. The first-order valence-corrected chi connectivity index (χ1v) is 6.13. The molecule has 0 amide bonds. The number of nitrogens with one attached hydrogen (secondary N) is 2. The molecule has 0 unspecified atom stereocenters. The molecule has 20 heavy (non-hydrogen) atoms. The van der Waals surface area contributed by atoms with Crippen LogP contribution in [0.2, 0.25) is 5.02 Å². The van der Waals surface area contributed by atoms with Gasteiger partial charge < -0.3 is 0 Å². The summed E-state index contributed by atoms with van der Waals surface area (Å²) in [5.74, 6) is 2.94. The van der Waals surface area contributed by atoms with Crippen LogP contribution in [0.4, 0.5) is 5.95 Å². The number of hydrogen-bond donors (Lipinski definition) is 2. The number of anilines is 1. The van der Waals surface area contributed by atoms with E-state index in [9.17, 15) is 4.79 Å². The van der Waals surface area contributed by atoms with Gasteiger partial charge in [-0.2, -0.15) is 9.97 Å². The number of hydrogen-bond acceptors (Lipinski definition) is 5. The smallest absolute Gasteiger partial charge is 0.289 e. The predicted octanol–water partition coefficient (Wildman–Crippen LogP) is 1.05. The van der Waals surface area contributed by atoms with Crippen LogP contribution in [0.1, 0.15) is 0 Å². The molecule has 1 aromatic carbocycles. The van der Waals surface area contributed by atoms with Crippen LogP contribution in [-0.2, 0) is 7.05 Å². The summed E-state index contributed by atoms with van der Waals surface area (Å²) >= 11 is 6.12. The van der Waals surface area contributed by atoms with Gasteiger partial charge in [0.25, 0.3) is 0 Å². The van der Waals surface area contributed by atoms with E-state index in [4.69, 9.17) is 18.0 Å². The molecule has 2 N–H and O–H groups in total. The Morgan fingerprint density at radius 2 is 2.15 bits per heavy atom. The number of halogens is 1. The molecule has 7 heteroatoms. The van der Waals surface area contributed by atoms with Gasteiger partial charge in [0.2, 0.25) is 5.95 Å². The van der Waals surface area contributed by atoms with Crippen LogP contribution in [0.15, 0.2) is 29.1 Å². The van der Waals surface area contributed by atoms with E-state index in [2.05, 4.69) is 26.7 Å². The largest absolute Gasteiger partial charge is 0.352 e. The zero-order valence-electron chi connectivity index (χ0n) is 10.7. The van der Waals surface area contributed by atoms with Gasteiger partial charge in [-0.3, -0.25) is 9.99 Å². The summed E-state index contributed by atoms with van der Waals surface area (Å²) in [7, 11) is 1.58. The molecule has 0 aliphatic rings. The highest BCUT2D eigenvalue weighted by molar-refractivity contribution is 6.33. The average molecular weight is 290 g/mol. The Bertz CT molecular complexity index is 719. The van der Waals surface area contributed by atoms with Crippen molar-refractivity contribution in [1.82, 2.24) is 20.0 Å². The number of hydrazine groups is 1. The lowest BCUT2D eigenvalue weighted by atomic mass is 10.2. The molecular formula is C13H12ClN5O. The topological polar surface area (TPSA) is 71.8 Å². The third kappa shape index (κ3) is 2.96. The lowest BCUT2D eigenvalue weighted by Gasteiger charge is -2.10. The zero-order valence-corrected chi connectivity index (χ0v) is 11.5. The van der Waals surface area contributed by atoms with Crippen molar-refractivity contribution in [2.45, 2.75) is 0 Å². The van der Waals surface area contributed by atoms with Gasteiger partial charge in [-0.15, -0.1) is 6.42 Å². The first kappa shape index (κ1) is 14.1. The Morgan fingerprint density at radius 1 is 1.40 bits per heavy atom. The minimum Gasteiger partial charge on any atom is -0.289 e. The highest BCUT2D eigenvalue weighted by Gasteiger charge is 2.11. The zero-order chi connectivity index (χ0) is 14.5. The van der Waals surface area contributed by atoms with E-state index in [1.165, 1.54) is 4.57 Å². The summed E-state index contributed by atoms with van der Waals surface area (Å²) in [6, 6.07) is 7.13. The maximum atomic E-state index is 11.8. The fraction of sp³-hybridized carbons (Fsp3) is 0.154. The molecule has 0 aliphatic carbocycles. The van der Waals surface area contributed by atoms with Crippen molar-refractivity contribution in [3.8, 4) is 23.7 Å². The van der Waals surface area contributed by atoms with Gasteiger partial charge in [0.05, 0.1) is 11.6 Å². The molecule has 1 aromatic heterocycles. The summed E-state index contributed by atoms with van der Waals surface area (Å²) in [6.45, 7) is 0.278. The van der Waals surface area contributed by atoms with E-state index >= 15 is 0 Å². The monoisotopic (exact) mass is 289 g/mol. The molecule has 0 spiro atoms. The van der Waals surface area contributed by atoms with E-state index < -0.39 is 5.69 Å². The highest BCUT2D eigenvalue weighted by atomic mass is 35.5. The van der Waals surface area contributed by atoms with E-state index in [0.29, 0.717) is 16.4 Å². The summed E-state index contributed by atoms with van der Waals surface area (Å²) in [4.78, 5) is 19.9. The minimum atomic E-state index is -0.445. The molecule has 102 valence electrons. The van der Waals surface area contributed by atoms with Gasteiger partial charge >= 0.3 is 5.69 Å². The second-order valence-corrected chi connectivity index (χ2v) is 4.28. The van der Waals surface area contributed by atoms with Gasteiger partial charge in [-0.1, -0.05) is 29.7 Å². The SMILES string of the molecule is C#CCNNc1nc(-c2ccccc2Cl)n(C)c(=O)n1. The maximum absolute atomic E-state index is 11.8. The molecule has 2 aromatic rings. The fourth-order valence-corrected chi connectivity index (χ4v) is 1.79. The maximum Gasteiger partial charge on any atom is 0.352 e.